The minimum Gasteiger partial charge on any atom is -0.478 e. The highest BCUT2D eigenvalue weighted by Crippen LogP contribution is 2.30. The Morgan fingerprint density at radius 1 is 1.11 bits per heavy atom. The highest BCUT2D eigenvalue weighted by Gasteiger charge is 2.29. The highest BCUT2D eigenvalue weighted by molar-refractivity contribution is 7.89. The van der Waals surface area contributed by atoms with Crippen molar-refractivity contribution < 1.29 is 23.1 Å². The molecule has 0 radical (unpaired) electrons. The first-order valence-corrected chi connectivity index (χ1v) is 12.5. The van der Waals surface area contributed by atoms with Gasteiger partial charge in [-0.3, -0.25) is 4.79 Å². The first-order chi connectivity index (χ1) is 16.7. The number of sulfonamides is 1. The summed E-state index contributed by atoms with van der Waals surface area (Å²) in [7, 11) is -4.04. The van der Waals surface area contributed by atoms with E-state index in [0.717, 1.165) is 23.0 Å². The maximum Gasteiger partial charge on any atom is 0.337 e. The number of anilines is 1. The number of nitrogens with one attached hydrogen (secondary N) is 1. The number of aryl methyl sites for hydroxylation is 1. The summed E-state index contributed by atoms with van der Waals surface area (Å²) in [5, 5.41) is 29.9. The van der Waals surface area contributed by atoms with Crippen LogP contribution in [0.4, 0.5) is 5.69 Å². The molecule has 0 saturated heterocycles. The number of carbonyl (C=O) groups excluding carboxylic acids is 1. The van der Waals surface area contributed by atoms with Gasteiger partial charge in [-0.2, -0.15) is 14.8 Å². The number of carbonyl (C=O) groups is 2. The Morgan fingerprint density at radius 3 is 2.46 bits per heavy atom. The quantitative estimate of drug-likeness (QED) is 0.443. The van der Waals surface area contributed by atoms with E-state index in [9.17, 15) is 23.1 Å². The summed E-state index contributed by atoms with van der Waals surface area (Å²) in [4.78, 5) is 24.8. The number of amides is 1. The molecular formula is C24H20N4O5S2. The number of carboxylic acids is 1. The third-order valence-corrected chi connectivity index (χ3v) is 8.17. The second-order valence-electron chi connectivity index (χ2n) is 7.39. The van der Waals surface area contributed by atoms with Gasteiger partial charge in [-0.05, 0) is 36.8 Å². The van der Waals surface area contributed by atoms with E-state index in [0.29, 0.717) is 4.88 Å². The Morgan fingerprint density at radius 2 is 1.83 bits per heavy atom. The van der Waals surface area contributed by atoms with E-state index in [1.54, 1.807) is 31.2 Å². The van der Waals surface area contributed by atoms with Gasteiger partial charge in [0.25, 0.3) is 5.91 Å². The SMILES string of the molecule is Cc1sc(C(=O)Nc2ccc(C#N)cc2C(=O)O)cc1S(=O)(=O)N(CCC#N)Cc1ccccc1. The molecule has 0 atom stereocenters. The second-order valence-corrected chi connectivity index (χ2v) is 10.6. The Hall–Kier alpha value is -4.03. The minimum absolute atomic E-state index is 0.000745. The normalized spacial score (nSPS) is 11.0. The predicted molar refractivity (Wildman–Crippen MR) is 129 cm³/mol. The first kappa shape index (κ1) is 25.6. The number of carboxylic acid groups (broad SMARTS) is 1. The number of rotatable bonds is 9. The maximum atomic E-state index is 13.5. The molecule has 0 aliphatic carbocycles. The summed E-state index contributed by atoms with van der Waals surface area (Å²) < 4.78 is 28.1. The van der Waals surface area contributed by atoms with Crippen LogP contribution in [0.25, 0.3) is 0 Å². The molecule has 1 aromatic heterocycles. The lowest BCUT2D eigenvalue weighted by Gasteiger charge is -2.21. The molecule has 0 spiro atoms. The molecule has 0 bridgehead atoms. The monoisotopic (exact) mass is 508 g/mol. The van der Waals surface area contributed by atoms with Crippen molar-refractivity contribution in [3.63, 3.8) is 0 Å². The van der Waals surface area contributed by atoms with Crippen molar-refractivity contribution in [2.75, 3.05) is 11.9 Å². The van der Waals surface area contributed by atoms with Crippen LogP contribution in [-0.2, 0) is 16.6 Å². The standard InChI is InChI=1S/C24H20N4O5S2/c1-16-22(35(32,33)28(11-5-10-25)15-17-6-3-2-4-7-17)13-21(34-16)23(29)27-20-9-8-18(14-26)12-19(20)24(30)31/h2-4,6-9,12-13H,5,11,15H2,1H3,(H,27,29)(H,30,31). The number of hydrogen-bond acceptors (Lipinski definition) is 7. The van der Waals surface area contributed by atoms with Crippen LogP contribution in [0, 0.1) is 29.6 Å². The van der Waals surface area contributed by atoms with Gasteiger partial charge in [0.2, 0.25) is 10.0 Å². The predicted octanol–water partition coefficient (Wildman–Crippen LogP) is 3.98. The number of aromatic carboxylic acids is 1. The van der Waals surface area contributed by atoms with Gasteiger partial charge in [0, 0.05) is 24.4 Å². The fourth-order valence-electron chi connectivity index (χ4n) is 3.30. The van der Waals surface area contributed by atoms with Gasteiger partial charge in [0.1, 0.15) is 0 Å². The lowest BCUT2D eigenvalue weighted by Crippen LogP contribution is -2.31. The van der Waals surface area contributed by atoms with Crippen molar-refractivity contribution in [1.29, 1.82) is 10.5 Å². The molecule has 3 rings (SSSR count). The van der Waals surface area contributed by atoms with E-state index in [1.807, 2.05) is 18.2 Å². The van der Waals surface area contributed by atoms with Crippen molar-refractivity contribution in [2.24, 2.45) is 0 Å². The van der Waals surface area contributed by atoms with Gasteiger partial charge in [0.05, 0.1) is 38.7 Å². The third kappa shape index (κ3) is 5.91. The van der Waals surface area contributed by atoms with Crippen molar-refractivity contribution in [2.45, 2.75) is 24.8 Å². The van der Waals surface area contributed by atoms with Crippen LogP contribution in [-0.4, -0.2) is 36.3 Å². The Bertz CT molecular complexity index is 1450. The van der Waals surface area contributed by atoms with Crippen molar-refractivity contribution in [3.05, 3.63) is 81.0 Å². The van der Waals surface area contributed by atoms with Gasteiger partial charge in [-0.25, -0.2) is 13.2 Å². The average Bonchev–Trinajstić information content (AvgIpc) is 3.25. The molecule has 0 fully saturated rings. The molecule has 35 heavy (non-hydrogen) atoms. The van der Waals surface area contributed by atoms with Crippen LogP contribution in [0.2, 0.25) is 0 Å². The zero-order valence-corrected chi connectivity index (χ0v) is 20.2. The molecule has 0 aliphatic heterocycles. The third-order valence-electron chi connectivity index (χ3n) is 5.02. The number of nitriles is 2. The minimum atomic E-state index is -4.04. The van der Waals surface area contributed by atoms with Crippen molar-refractivity contribution >= 4 is 38.9 Å². The first-order valence-electron chi connectivity index (χ1n) is 10.3. The van der Waals surface area contributed by atoms with Crippen LogP contribution >= 0.6 is 11.3 Å². The van der Waals surface area contributed by atoms with Crippen molar-refractivity contribution in [1.82, 2.24) is 4.31 Å². The van der Waals surface area contributed by atoms with Gasteiger partial charge in [0.15, 0.2) is 0 Å². The zero-order valence-electron chi connectivity index (χ0n) is 18.6. The van der Waals surface area contributed by atoms with Crippen LogP contribution in [0.1, 0.15) is 42.5 Å². The lowest BCUT2D eigenvalue weighted by molar-refractivity contribution is 0.0698. The molecule has 1 heterocycles. The number of hydrogen-bond donors (Lipinski definition) is 2. The van der Waals surface area contributed by atoms with Gasteiger partial charge < -0.3 is 10.4 Å². The summed E-state index contributed by atoms with van der Waals surface area (Å²) in [6.45, 7) is 1.62. The Balaban J connectivity index is 1.91. The van der Waals surface area contributed by atoms with Crippen LogP contribution in [0.3, 0.4) is 0 Å². The van der Waals surface area contributed by atoms with Gasteiger partial charge in [-0.15, -0.1) is 11.3 Å². The summed E-state index contributed by atoms with van der Waals surface area (Å²) in [6, 6.07) is 17.8. The summed E-state index contributed by atoms with van der Waals surface area (Å²) in [5.74, 6) is -2.00. The summed E-state index contributed by atoms with van der Waals surface area (Å²) in [5.41, 5.74) is 0.597. The number of benzene rings is 2. The maximum absolute atomic E-state index is 13.5. The Labute approximate surface area is 206 Å². The van der Waals surface area contributed by atoms with E-state index in [-0.39, 0.29) is 46.1 Å². The molecular weight excluding hydrogens is 488 g/mol. The molecule has 1 amide bonds. The lowest BCUT2D eigenvalue weighted by atomic mass is 10.1. The molecule has 0 saturated carbocycles. The van der Waals surface area contributed by atoms with E-state index < -0.39 is 21.9 Å². The molecule has 11 heteroatoms. The van der Waals surface area contributed by atoms with Gasteiger partial charge >= 0.3 is 5.97 Å². The zero-order chi connectivity index (χ0) is 25.6. The summed E-state index contributed by atoms with van der Waals surface area (Å²) in [6.07, 6.45) is -0.000745. The second kappa shape index (κ2) is 10.9. The van der Waals surface area contributed by atoms with Crippen LogP contribution < -0.4 is 5.32 Å². The van der Waals surface area contributed by atoms with E-state index >= 15 is 0 Å². The Kier molecular flexibility index (Phi) is 7.99. The fraction of sp³-hybridized carbons (Fsp3) is 0.167. The van der Waals surface area contributed by atoms with E-state index in [4.69, 9.17) is 10.5 Å². The van der Waals surface area contributed by atoms with E-state index in [2.05, 4.69) is 5.32 Å². The van der Waals surface area contributed by atoms with E-state index in [1.165, 1.54) is 22.5 Å². The molecule has 0 unspecified atom stereocenters. The fourth-order valence-corrected chi connectivity index (χ4v) is 6.19. The molecule has 9 nitrogen and oxygen atoms in total. The molecule has 0 aliphatic rings. The summed E-state index contributed by atoms with van der Waals surface area (Å²) >= 11 is 0.955. The van der Waals surface area contributed by atoms with Crippen molar-refractivity contribution in [3.8, 4) is 12.1 Å². The molecule has 3 aromatic rings. The average molecular weight is 509 g/mol. The molecule has 2 N–H and O–H groups in total. The molecule has 2 aromatic carbocycles. The largest absolute Gasteiger partial charge is 0.478 e. The number of nitrogens with zero attached hydrogens (tertiary/aromatic N) is 3. The topological polar surface area (TPSA) is 151 Å². The van der Waals surface area contributed by atoms with Crippen LogP contribution in [0.15, 0.2) is 59.5 Å². The van der Waals surface area contributed by atoms with Gasteiger partial charge in [-0.1, -0.05) is 30.3 Å². The molecule has 178 valence electrons. The van der Waals surface area contributed by atoms with Crippen LogP contribution in [0.5, 0.6) is 0 Å². The number of thiophene rings is 1. The smallest absolute Gasteiger partial charge is 0.337 e. The highest BCUT2D eigenvalue weighted by atomic mass is 32.2.